The SMILES string of the molecule is CCCNC(=O)C1CN(CC(=O)Nc2cccc(Br)c2)c2ccccc2O1. The van der Waals surface area contributed by atoms with Crippen LogP contribution >= 0.6 is 15.9 Å². The van der Waals surface area contributed by atoms with Gasteiger partial charge in [0.15, 0.2) is 6.10 Å². The summed E-state index contributed by atoms with van der Waals surface area (Å²) < 4.78 is 6.74. The number of anilines is 2. The van der Waals surface area contributed by atoms with Gasteiger partial charge in [-0.05, 0) is 36.8 Å². The summed E-state index contributed by atoms with van der Waals surface area (Å²) in [5.74, 6) is 0.289. The lowest BCUT2D eigenvalue weighted by Crippen LogP contribution is -2.50. The summed E-state index contributed by atoms with van der Waals surface area (Å²) in [5.41, 5.74) is 1.52. The number of benzene rings is 2. The lowest BCUT2D eigenvalue weighted by molar-refractivity contribution is -0.128. The Bertz CT molecular complexity index is 828. The van der Waals surface area contributed by atoms with Gasteiger partial charge in [0.2, 0.25) is 5.91 Å². The Morgan fingerprint density at radius 1 is 1.22 bits per heavy atom. The van der Waals surface area contributed by atoms with E-state index in [2.05, 4.69) is 26.6 Å². The molecule has 2 aromatic carbocycles. The van der Waals surface area contributed by atoms with E-state index in [1.165, 1.54) is 0 Å². The molecule has 1 unspecified atom stereocenters. The zero-order valence-electron chi connectivity index (χ0n) is 15.1. The minimum atomic E-state index is -0.648. The Morgan fingerprint density at radius 2 is 2.04 bits per heavy atom. The number of carbonyl (C=O) groups excluding carboxylic acids is 2. The number of amides is 2. The van der Waals surface area contributed by atoms with E-state index in [4.69, 9.17) is 4.74 Å². The number of hydrogen-bond donors (Lipinski definition) is 2. The highest BCUT2D eigenvalue weighted by Crippen LogP contribution is 2.33. The van der Waals surface area contributed by atoms with E-state index in [0.717, 1.165) is 16.6 Å². The number of ether oxygens (including phenoxy) is 1. The Morgan fingerprint density at radius 3 is 2.81 bits per heavy atom. The van der Waals surface area contributed by atoms with Crippen LogP contribution in [0, 0.1) is 0 Å². The maximum Gasteiger partial charge on any atom is 0.262 e. The second-order valence-corrected chi connectivity index (χ2v) is 7.22. The molecule has 1 aliphatic rings. The summed E-state index contributed by atoms with van der Waals surface area (Å²) in [6.07, 6.45) is 0.207. The molecule has 142 valence electrons. The third kappa shape index (κ3) is 5.01. The molecule has 1 aliphatic heterocycles. The summed E-state index contributed by atoms with van der Waals surface area (Å²) in [6, 6.07) is 14.9. The van der Waals surface area contributed by atoms with Gasteiger partial charge in [0.1, 0.15) is 5.75 Å². The first-order valence-electron chi connectivity index (χ1n) is 8.90. The summed E-state index contributed by atoms with van der Waals surface area (Å²) in [4.78, 5) is 26.8. The van der Waals surface area contributed by atoms with Crippen molar-refractivity contribution in [1.82, 2.24) is 5.32 Å². The van der Waals surface area contributed by atoms with E-state index in [0.29, 0.717) is 24.5 Å². The number of nitrogens with one attached hydrogen (secondary N) is 2. The molecule has 2 aromatic rings. The van der Waals surface area contributed by atoms with Gasteiger partial charge in [-0.2, -0.15) is 0 Å². The van der Waals surface area contributed by atoms with E-state index in [9.17, 15) is 9.59 Å². The van der Waals surface area contributed by atoms with Crippen molar-refractivity contribution in [2.24, 2.45) is 0 Å². The molecule has 0 saturated heterocycles. The van der Waals surface area contributed by atoms with Gasteiger partial charge in [0.05, 0.1) is 18.8 Å². The zero-order valence-corrected chi connectivity index (χ0v) is 16.7. The summed E-state index contributed by atoms with van der Waals surface area (Å²) in [7, 11) is 0. The van der Waals surface area contributed by atoms with Crippen molar-refractivity contribution in [3.63, 3.8) is 0 Å². The lowest BCUT2D eigenvalue weighted by atomic mass is 10.1. The monoisotopic (exact) mass is 431 g/mol. The Balaban J connectivity index is 1.72. The smallest absolute Gasteiger partial charge is 0.262 e. The minimum Gasteiger partial charge on any atom is -0.477 e. The molecule has 0 bridgehead atoms. The summed E-state index contributed by atoms with van der Waals surface area (Å²) in [6.45, 7) is 3.04. The highest BCUT2D eigenvalue weighted by atomic mass is 79.9. The topological polar surface area (TPSA) is 70.7 Å². The van der Waals surface area contributed by atoms with Gasteiger partial charge in [-0.1, -0.05) is 41.1 Å². The van der Waals surface area contributed by atoms with Crippen molar-refractivity contribution in [3.8, 4) is 5.75 Å². The third-order valence-corrected chi connectivity index (χ3v) is 4.64. The van der Waals surface area contributed by atoms with Crippen LogP contribution in [0.4, 0.5) is 11.4 Å². The van der Waals surface area contributed by atoms with Gasteiger partial charge >= 0.3 is 0 Å². The molecule has 0 aliphatic carbocycles. The van der Waals surface area contributed by atoms with Crippen LogP contribution in [0.2, 0.25) is 0 Å². The second-order valence-electron chi connectivity index (χ2n) is 6.30. The molecule has 2 amide bonds. The number of fused-ring (bicyclic) bond motifs is 1. The molecule has 0 fully saturated rings. The average Bonchev–Trinajstić information content (AvgIpc) is 2.66. The number of carbonyl (C=O) groups is 2. The molecule has 7 heteroatoms. The van der Waals surface area contributed by atoms with E-state index in [-0.39, 0.29) is 18.4 Å². The van der Waals surface area contributed by atoms with Crippen LogP contribution in [0.15, 0.2) is 53.0 Å². The van der Waals surface area contributed by atoms with Gasteiger partial charge in [-0.3, -0.25) is 9.59 Å². The van der Waals surface area contributed by atoms with Gasteiger partial charge in [-0.25, -0.2) is 0 Å². The Labute approximate surface area is 167 Å². The second kappa shape index (κ2) is 8.90. The molecule has 0 radical (unpaired) electrons. The van der Waals surface area contributed by atoms with E-state index in [1.54, 1.807) is 0 Å². The van der Waals surface area contributed by atoms with Crippen LogP contribution in [-0.2, 0) is 9.59 Å². The first-order valence-corrected chi connectivity index (χ1v) is 9.70. The maximum atomic E-state index is 12.5. The molecule has 2 N–H and O–H groups in total. The highest BCUT2D eigenvalue weighted by molar-refractivity contribution is 9.10. The summed E-state index contributed by atoms with van der Waals surface area (Å²) >= 11 is 3.39. The van der Waals surface area contributed by atoms with Crippen molar-refractivity contribution in [1.29, 1.82) is 0 Å². The van der Waals surface area contributed by atoms with Crippen LogP contribution in [-0.4, -0.2) is 37.6 Å². The van der Waals surface area contributed by atoms with Crippen molar-refractivity contribution in [3.05, 3.63) is 53.0 Å². The van der Waals surface area contributed by atoms with Crippen molar-refractivity contribution >= 4 is 39.1 Å². The van der Waals surface area contributed by atoms with Gasteiger partial charge < -0.3 is 20.3 Å². The third-order valence-electron chi connectivity index (χ3n) is 4.15. The fourth-order valence-corrected chi connectivity index (χ4v) is 3.29. The van der Waals surface area contributed by atoms with Crippen LogP contribution in [0.5, 0.6) is 5.75 Å². The van der Waals surface area contributed by atoms with Crippen molar-refractivity contribution < 1.29 is 14.3 Å². The van der Waals surface area contributed by atoms with E-state index in [1.807, 2.05) is 60.4 Å². The molecule has 0 aromatic heterocycles. The number of hydrogen-bond acceptors (Lipinski definition) is 4. The quantitative estimate of drug-likeness (QED) is 0.736. The average molecular weight is 432 g/mol. The summed E-state index contributed by atoms with van der Waals surface area (Å²) in [5, 5.41) is 5.74. The van der Waals surface area contributed by atoms with Crippen LogP contribution < -0.4 is 20.3 Å². The molecule has 0 spiro atoms. The molecular formula is C20H22BrN3O3. The molecule has 3 rings (SSSR count). The normalized spacial score (nSPS) is 15.5. The van der Waals surface area contributed by atoms with Crippen molar-refractivity contribution in [2.75, 3.05) is 29.9 Å². The highest BCUT2D eigenvalue weighted by Gasteiger charge is 2.31. The zero-order chi connectivity index (χ0) is 19.2. The maximum absolute atomic E-state index is 12.5. The first kappa shape index (κ1) is 19.2. The number of rotatable bonds is 6. The standard InChI is InChI=1S/C20H22BrN3O3/c1-2-10-22-20(26)18-12-24(16-8-3-4-9-17(16)27-18)13-19(25)23-15-7-5-6-14(21)11-15/h3-9,11,18H,2,10,12-13H2,1H3,(H,22,26)(H,23,25). The van der Waals surface area contributed by atoms with Gasteiger partial charge in [0, 0.05) is 16.7 Å². The number of nitrogens with zero attached hydrogens (tertiary/aromatic N) is 1. The molecule has 0 saturated carbocycles. The fourth-order valence-electron chi connectivity index (χ4n) is 2.90. The van der Waals surface area contributed by atoms with E-state index >= 15 is 0 Å². The van der Waals surface area contributed by atoms with Crippen molar-refractivity contribution in [2.45, 2.75) is 19.4 Å². The first-order chi connectivity index (χ1) is 13.1. The molecule has 1 heterocycles. The Hall–Kier alpha value is -2.54. The van der Waals surface area contributed by atoms with Crippen LogP contribution in [0.3, 0.4) is 0 Å². The molecule has 1 atom stereocenters. The molecular weight excluding hydrogens is 410 g/mol. The largest absolute Gasteiger partial charge is 0.477 e. The van der Waals surface area contributed by atoms with Crippen LogP contribution in [0.25, 0.3) is 0 Å². The predicted octanol–water partition coefficient (Wildman–Crippen LogP) is 3.18. The van der Waals surface area contributed by atoms with Gasteiger partial charge in [-0.15, -0.1) is 0 Å². The fraction of sp³-hybridized carbons (Fsp3) is 0.300. The number of halogens is 1. The lowest BCUT2D eigenvalue weighted by Gasteiger charge is -2.35. The van der Waals surface area contributed by atoms with E-state index < -0.39 is 6.10 Å². The molecule has 6 nitrogen and oxygen atoms in total. The minimum absolute atomic E-state index is 0.129. The van der Waals surface area contributed by atoms with Crippen LogP contribution in [0.1, 0.15) is 13.3 Å². The molecule has 27 heavy (non-hydrogen) atoms. The number of para-hydroxylation sites is 2. The Kier molecular flexibility index (Phi) is 6.34. The predicted molar refractivity (Wildman–Crippen MR) is 109 cm³/mol. The van der Waals surface area contributed by atoms with Gasteiger partial charge in [0.25, 0.3) is 5.91 Å².